The largest absolute Gasteiger partial charge is 0.496 e. The number of methoxy groups -OCH3 is 1. The van der Waals surface area contributed by atoms with E-state index in [1.807, 2.05) is 12.1 Å². The van der Waals surface area contributed by atoms with Gasteiger partial charge in [-0.05, 0) is 60.6 Å². The first-order chi connectivity index (χ1) is 16.1. The molecule has 5 nitrogen and oxygen atoms in total. The van der Waals surface area contributed by atoms with Crippen LogP contribution in [0.5, 0.6) is 5.75 Å². The molecule has 1 unspecified atom stereocenters. The third-order valence-corrected chi connectivity index (χ3v) is 7.32. The second-order valence-electron chi connectivity index (χ2n) is 9.37. The summed E-state index contributed by atoms with van der Waals surface area (Å²) in [6, 6.07) is 15.2. The second kappa shape index (κ2) is 9.06. The van der Waals surface area contributed by atoms with Gasteiger partial charge in [0.25, 0.3) is 0 Å². The van der Waals surface area contributed by atoms with E-state index < -0.39 is 0 Å². The summed E-state index contributed by atoms with van der Waals surface area (Å²) in [5.41, 5.74) is 6.31. The molecule has 1 amide bonds. The molecule has 0 fully saturated rings. The SMILES string of the molecule is CC[C@@H](C)NC(=O)[C@@H]1C=C2c3cccc4[nH]cc(c34)CC2N(CCc2ccccc2OC)C1. The summed E-state index contributed by atoms with van der Waals surface area (Å²) in [5.74, 6) is 0.904. The van der Waals surface area contributed by atoms with E-state index >= 15 is 0 Å². The molecule has 172 valence electrons. The lowest BCUT2D eigenvalue weighted by Crippen LogP contribution is -2.50. The van der Waals surface area contributed by atoms with Crippen LogP contribution in [-0.4, -0.2) is 48.1 Å². The highest BCUT2D eigenvalue weighted by atomic mass is 16.5. The van der Waals surface area contributed by atoms with E-state index in [-0.39, 0.29) is 23.9 Å². The quantitative estimate of drug-likeness (QED) is 0.562. The predicted octanol–water partition coefficient (Wildman–Crippen LogP) is 4.57. The Kier molecular flexibility index (Phi) is 5.98. The van der Waals surface area contributed by atoms with Crippen molar-refractivity contribution in [3.05, 3.63) is 71.4 Å². The van der Waals surface area contributed by atoms with E-state index in [0.717, 1.165) is 38.1 Å². The van der Waals surface area contributed by atoms with E-state index in [9.17, 15) is 4.79 Å². The number of amides is 1. The third kappa shape index (κ3) is 4.06. The Morgan fingerprint density at radius 2 is 2.09 bits per heavy atom. The molecular formula is C28H33N3O2. The van der Waals surface area contributed by atoms with Crippen LogP contribution in [0.1, 0.15) is 37.0 Å². The molecule has 5 rings (SSSR count). The first-order valence-electron chi connectivity index (χ1n) is 12.1. The fraction of sp³-hybridized carbons (Fsp3) is 0.393. The zero-order valence-electron chi connectivity index (χ0n) is 19.7. The number of para-hydroxylation sites is 1. The van der Waals surface area contributed by atoms with Crippen molar-refractivity contribution in [2.45, 2.75) is 45.2 Å². The number of benzene rings is 2. The first-order valence-corrected chi connectivity index (χ1v) is 12.1. The summed E-state index contributed by atoms with van der Waals surface area (Å²) in [6.07, 6.45) is 7.19. The monoisotopic (exact) mass is 443 g/mol. The number of aromatic nitrogens is 1. The molecule has 2 N–H and O–H groups in total. The molecule has 2 aromatic carbocycles. The average Bonchev–Trinajstić information content (AvgIpc) is 3.26. The molecule has 3 aromatic rings. The lowest BCUT2D eigenvalue weighted by atomic mass is 9.79. The van der Waals surface area contributed by atoms with Crippen LogP contribution in [0.15, 0.2) is 54.7 Å². The molecule has 1 aliphatic carbocycles. The highest BCUT2D eigenvalue weighted by Gasteiger charge is 2.37. The summed E-state index contributed by atoms with van der Waals surface area (Å²) in [4.78, 5) is 19.1. The molecule has 3 atom stereocenters. The topological polar surface area (TPSA) is 57.4 Å². The van der Waals surface area contributed by atoms with Gasteiger partial charge in [0.05, 0.1) is 13.0 Å². The minimum Gasteiger partial charge on any atom is -0.496 e. The standard InChI is InChI=1S/C28H33N3O2/c1-4-18(2)30-28(32)21-14-23-22-9-7-10-24-27(22)20(16-29-24)15-25(23)31(17-21)13-12-19-8-5-6-11-26(19)33-3/h5-11,14,16,18,21,25,29H,4,12-13,15,17H2,1-3H3,(H,30,32)/t18-,21-,25?/m1/s1. The van der Waals surface area contributed by atoms with Crippen molar-refractivity contribution in [3.63, 3.8) is 0 Å². The third-order valence-electron chi connectivity index (χ3n) is 7.32. The molecule has 0 saturated heterocycles. The number of H-pyrrole nitrogens is 1. The van der Waals surface area contributed by atoms with Gasteiger partial charge in [0.2, 0.25) is 5.91 Å². The fourth-order valence-electron chi connectivity index (χ4n) is 5.36. The first kappa shape index (κ1) is 21.8. The minimum atomic E-state index is -0.154. The summed E-state index contributed by atoms with van der Waals surface area (Å²) in [7, 11) is 1.73. The fourth-order valence-corrected chi connectivity index (χ4v) is 5.36. The lowest BCUT2D eigenvalue weighted by molar-refractivity contribution is -0.125. The normalized spacial score (nSPS) is 20.8. The number of aromatic amines is 1. The number of hydrogen-bond acceptors (Lipinski definition) is 3. The van der Waals surface area contributed by atoms with Crippen molar-refractivity contribution >= 4 is 22.4 Å². The molecule has 33 heavy (non-hydrogen) atoms. The van der Waals surface area contributed by atoms with Crippen LogP contribution in [0, 0.1) is 5.92 Å². The van der Waals surface area contributed by atoms with Gasteiger partial charge in [0.1, 0.15) is 5.75 Å². The number of carbonyl (C=O) groups is 1. The maximum absolute atomic E-state index is 13.2. The van der Waals surface area contributed by atoms with Crippen LogP contribution >= 0.6 is 0 Å². The Labute approximate surface area is 195 Å². The highest BCUT2D eigenvalue weighted by molar-refractivity contribution is 5.99. The van der Waals surface area contributed by atoms with E-state index in [0.29, 0.717) is 0 Å². The molecule has 1 aliphatic heterocycles. The van der Waals surface area contributed by atoms with Gasteiger partial charge in [0, 0.05) is 42.3 Å². The van der Waals surface area contributed by atoms with Crippen molar-refractivity contribution in [1.29, 1.82) is 0 Å². The molecule has 0 bridgehead atoms. The second-order valence-corrected chi connectivity index (χ2v) is 9.37. The predicted molar refractivity (Wildman–Crippen MR) is 133 cm³/mol. The molecule has 0 radical (unpaired) electrons. The zero-order valence-corrected chi connectivity index (χ0v) is 19.7. The molecule has 0 spiro atoms. The highest BCUT2D eigenvalue weighted by Crippen LogP contribution is 2.41. The number of nitrogens with zero attached hydrogens (tertiary/aromatic N) is 1. The van der Waals surface area contributed by atoms with Gasteiger partial charge >= 0.3 is 0 Å². The number of ether oxygens (including phenoxy) is 1. The van der Waals surface area contributed by atoms with Crippen LogP contribution in [0.25, 0.3) is 16.5 Å². The summed E-state index contributed by atoms with van der Waals surface area (Å²) in [6.45, 7) is 5.80. The van der Waals surface area contributed by atoms with Gasteiger partial charge in [-0.15, -0.1) is 0 Å². The van der Waals surface area contributed by atoms with Gasteiger partial charge in [-0.1, -0.05) is 43.3 Å². The van der Waals surface area contributed by atoms with Crippen LogP contribution in [0.3, 0.4) is 0 Å². The summed E-state index contributed by atoms with van der Waals surface area (Å²) < 4.78 is 5.58. The summed E-state index contributed by atoms with van der Waals surface area (Å²) >= 11 is 0. The number of carbonyl (C=O) groups excluding carboxylic acids is 1. The Morgan fingerprint density at radius 3 is 2.91 bits per heavy atom. The Balaban J connectivity index is 1.48. The van der Waals surface area contributed by atoms with E-state index in [1.54, 1.807) is 7.11 Å². The number of fused-ring (bicyclic) bond motifs is 2. The van der Waals surface area contributed by atoms with Crippen LogP contribution in [0.2, 0.25) is 0 Å². The number of hydrogen-bond donors (Lipinski definition) is 2. The van der Waals surface area contributed by atoms with E-state index in [4.69, 9.17) is 4.74 Å². The minimum absolute atomic E-state index is 0.129. The van der Waals surface area contributed by atoms with Gasteiger partial charge in [-0.2, -0.15) is 0 Å². The average molecular weight is 444 g/mol. The molecule has 2 heterocycles. The van der Waals surface area contributed by atoms with Crippen molar-refractivity contribution in [3.8, 4) is 5.75 Å². The van der Waals surface area contributed by atoms with Crippen LogP contribution in [0.4, 0.5) is 0 Å². The molecule has 5 heteroatoms. The van der Waals surface area contributed by atoms with E-state index in [1.165, 1.54) is 33.2 Å². The van der Waals surface area contributed by atoms with Gasteiger partial charge in [-0.25, -0.2) is 0 Å². The van der Waals surface area contributed by atoms with Gasteiger partial charge in [0.15, 0.2) is 0 Å². The Morgan fingerprint density at radius 1 is 1.24 bits per heavy atom. The van der Waals surface area contributed by atoms with Crippen molar-refractivity contribution in [2.75, 3.05) is 20.2 Å². The molecular weight excluding hydrogens is 410 g/mol. The maximum Gasteiger partial charge on any atom is 0.228 e. The number of nitrogens with one attached hydrogen (secondary N) is 2. The molecule has 2 aliphatic rings. The maximum atomic E-state index is 13.2. The van der Waals surface area contributed by atoms with Gasteiger partial charge < -0.3 is 15.0 Å². The Bertz CT molecular complexity index is 1190. The molecule has 1 aromatic heterocycles. The van der Waals surface area contributed by atoms with Gasteiger partial charge in [-0.3, -0.25) is 9.69 Å². The van der Waals surface area contributed by atoms with E-state index in [2.05, 4.69) is 71.7 Å². The number of rotatable bonds is 7. The lowest BCUT2D eigenvalue weighted by Gasteiger charge is -2.42. The van der Waals surface area contributed by atoms with Crippen molar-refractivity contribution < 1.29 is 9.53 Å². The van der Waals surface area contributed by atoms with Crippen LogP contribution in [-0.2, 0) is 17.6 Å². The summed E-state index contributed by atoms with van der Waals surface area (Å²) in [5, 5.41) is 4.52. The van der Waals surface area contributed by atoms with Crippen LogP contribution < -0.4 is 10.1 Å². The Hall–Kier alpha value is -3.05. The zero-order chi connectivity index (χ0) is 22.9. The molecule has 0 saturated carbocycles. The smallest absolute Gasteiger partial charge is 0.228 e. The van der Waals surface area contributed by atoms with Crippen molar-refractivity contribution in [2.24, 2.45) is 5.92 Å². The van der Waals surface area contributed by atoms with Crippen molar-refractivity contribution in [1.82, 2.24) is 15.2 Å².